The summed E-state index contributed by atoms with van der Waals surface area (Å²) in [6, 6.07) is 28.5. The Balaban J connectivity index is 0.000000211. The number of fused-ring (bicyclic) bond motifs is 2. The number of hydrogen-bond acceptors (Lipinski definition) is 12. The molecule has 2 aromatic heterocycles. The number of rotatable bonds is 19. The van der Waals surface area contributed by atoms with Gasteiger partial charge in [-0.15, -0.1) is 0 Å². The van der Waals surface area contributed by atoms with E-state index in [1.54, 1.807) is 30.3 Å². The van der Waals surface area contributed by atoms with E-state index in [9.17, 15) is 32.8 Å². The number of Topliss-reactive ketones (excluding diaryl/α,β-unsaturated/α-hetero) is 1. The number of nitrogens with zero attached hydrogens (tertiary/aromatic N) is 2. The van der Waals surface area contributed by atoms with Crippen molar-refractivity contribution in [3.63, 3.8) is 0 Å². The van der Waals surface area contributed by atoms with Crippen LogP contribution in [0.4, 0.5) is 8.78 Å². The highest BCUT2D eigenvalue weighted by molar-refractivity contribution is 6.74. The predicted molar refractivity (Wildman–Crippen MR) is 335 cm³/mol. The van der Waals surface area contributed by atoms with Crippen LogP contribution >= 0.6 is 0 Å². The Kier molecular flexibility index (Phi) is 23.5. The Hall–Kier alpha value is -6.44. The summed E-state index contributed by atoms with van der Waals surface area (Å²) >= 11 is 0. The minimum Gasteiger partial charge on any atom is -0.469 e. The van der Waals surface area contributed by atoms with Crippen LogP contribution in [0.25, 0.3) is 50.1 Å². The lowest BCUT2D eigenvalue weighted by molar-refractivity contribution is -0.144. The third-order valence-electron chi connectivity index (χ3n) is 16.2. The smallest absolute Gasteiger partial charge is 0.308 e. The number of para-hydroxylation sites is 2. The van der Waals surface area contributed by atoms with E-state index in [-0.39, 0.29) is 71.0 Å². The highest BCUT2D eigenvalue weighted by atomic mass is 28.4. The number of halogens is 2. The third-order valence-corrected chi connectivity index (χ3v) is 25.3. The molecular weight excluding hydrogens is 1100 g/mol. The predicted octanol–water partition coefficient (Wildman–Crippen LogP) is 16.3. The molecule has 0 unspecified atom stereocenters. The van der Waals surface area contributed by atoms with E-state index in [4.69, 9.17) is 28.3 Å². The fourth-order valence-electron chi connectivity index (χ4n) is 9.31. The number of ether oxygens (including phenoxy) is 3. The van der Waals surface area contributed by atoms with Gasteiger partial charge in [0.1, 0.15) is 17.4 Å². The number of aromatic nitrogens is 2. The summed E-state index contributed by atoms with van der Waals surface area (Å²) in [7, 11) is -1.51. The number of aldehydes is 1. The van der Waals surface area contributed by atoms with E-state index in [0.717, 1.165) is 106 Å². The lowest BCUT2D eigenvalue weighted by Crippen LogP contribution is -2.44. The van der Waals surface area contributed by atoms with Crippen molar-refractivity contribution in [1.82, 2.24) is 9.97 Å². The number of carbonyl (C=O) groups is 5. The summed E-state index contributed by atoms with van der Waals surface area (Å²) in [6.07, 6.45) is 10.7. The molecule has 0 radical (unpaired) electrons. The highest BCUT2D eigenvalue weighted by Crippen LogP contribution is 2.47. The van der Waals surface area contributed by atoms with Crippen LogP contribution in [0.2, 0.25) is 36.3 Å². The molecule has 2 atom stereocenters. The first-order valence-corrected chi connectivity index (χ1v) is 35.1. The van der Waals surface area contributed by atoms with E-state index < -0.39 is 28.7 Å². The molecule has 1 aliphatic heterocycles. The van der Waals surface area contributed by atoms with Crippen LogP contribution in [-0.4, -0.2) is 96.0 Å². The van der Waals surface area contributed by atoms with Gasteiger partial charge in [0.2, 0.25) is 0 Å². The second-order valence-corrected chi connectivity index (χ2v) is 34.6. The molecular formula is C68H86F2N2O10Si2. The number of methoxy groups -OCH3 is 2. The Morgan fingerprint density at radius 3 is 1.35 bits per heavy atom. The fourth-order valence-corrected chi connectivity index (χ4v) is 12.0. The maximum absolute atomic E-state index is 13.8. The lowest BCUT2D eigenvalue weighted by Gasteiger charge is -2.39. The molecule has 3 fully saturated rings. The molecule has 450 valence electrons. The number of allylic oxidation sites excluding steroid dienone is 1. The largest absolute Gasteiger partial charge is 0.469 e. The topological polar surface area (TPSA) is 157 Å². The van der Waals surface area contributed by atoms with Crippen LogP contribution < -0.4 is 0 Å². The van der Waals surface area contributed by atoms with Gasteiger partial charge in [-0.25, -0.2) is 8.78 Å². The van der Waals surface area contributed by atoms with E-state index in [1.165, 1.54) is 58.3 Å². The van der Waals surface area contributed by atoms with Gasteiger partial charge in [0.15, 0.2) is 28.7 Å². The summed E-state index contributed by atoms with van der Waals surface area (Å²) in [5.41, 5.74) is 8.65. The summed E-state index contributed by atoms with van der Waals surface area (Å²) < 4.78 is 54.1. The summed E-state index contributed by atoms with van der Waals surface area (Å²) in [4.78, 5) is 69.5. The van der Waals surface area contributed by atoms with Gasteiger partial charge in [-0.2, -0.15) is 0 Å². The second kappa shape index (κ2) is 29.6. The first-order valence-electron chi connectivity index (χ1n) is 29.3. The highest BCUT2D eigenvalue weighted by Gasteiger charge is 2.41. The fraction of sp³-hybridized carbons (Fsp3) is 0.456. The molecule has 0 bridgehead atoms. The standard InChI is InChI=1S/C32H38FNO4Si.C19H14FNO.C13H26O4Si.C4H8O/c1-32(2,3)39(5,6)38-25(20-29(36)37-4)19-24(35)17-18-27-30(21-13-15-23(33)16-14-21)26-9-7-8-10-28(26)34-31(27)22-11-12-22;20-14-9-7-12(8-10-14)18-15-3-1-2-4-17(15)21-19(13-5-6-13)16(18)11-22;1-10(14)8-11(9-12(15)16-5)17-18(6,7)13(2,3)4;1-2-4-5-3-1/h7-10,13-18,22,25H,11-12,19-20H2,1-6H3;1-4,7-11,13H,5-6H2;11H,8-9H2,1-7H3;1-4H2/b18-17+;;;/t25-;;11-;/m1.1./s1. The number of ketones is 2. The maximum atomic E-state index is 13.8. The van der Waals surface area contributed by atoms with Crippen molar-refractivity contribution in [2.75, 3.05) is 27.4 Å². The minimum absolute atomic E-state index is 0.0221. The lowest BCUT2D eigenvalue weighted by atomic mass is 9.92. The van der Waals surface area contributed by atoms with Crippen LogP contribution in [0.3, 0.4) is 0 Å². The van der Waals surface area contributed by atoms with Gasteiger partial charge in [0, 0.05) is 70.9 Å². The average Bonchev–Trinajstić information content (AvgIpc) is 3.65. The van der Waals surface area contributed by atoms with E-state index in [1.807, 2.05) is 54.6 Å². The molecule has 84 heavy (non-hydrogen) atoms. The van der Waals surface area contributed by atoms with E-state index in [0.29, 0.717) is 17.4 Å². The van der Waals surface area contributed by atoms with E-state index >= 15 is 0 Å². The van der Waals surface area contributed by atoms with Gasteiger partial charge in [0.05, 0.1) is 61.7 Å². The van der Waals surface area contributed by atoms with Gasteiger partial charge in [-0.05, 0) is 141 Å². The van der Waals surface area contributed by atoms with E-state index in [2.05, 4.69) is 72.5 Å². The molecule has 0 spiro atoms. The van der Waals surface area contributed by atoms with Crippen molar-refractivity contribution in [2.45, 2.75) is 173 Å². The number of benzene rings is 4. The third kappa shape index (κ3) is 18.8. The molecule has 2 aliphatic carbocycles. The van der Waals surface area contributed by atoms with Crippen molar-refractivity contribution in [1.29, 1.82) is 0 Å². The van der Waals surface area contributed by atoms with Crippen LogP contribution in [0.5, 0.6) is 0 Å². The van der Waals surface area contributed by atoms with Crippen molar-refractivity contribution in [2.24, 2.45) is 0 Å². The van der Waals surface area contributed by atoms with Crippen LogP contribution in [0.1, 0.15) is 152 Å². The SMILES string of the molecule is C1CCOC1.COC(=O)C[C@@H](CC(=O)/C=C/c1c(C2CC2)nc2ccccc2c1-c1ccc(F)cc1)O[Si](C)(C)C(C)(C)C.COC(=O)C[C@@H](CC(C)=O)O[Si](C)(C)C(C)(C)C.O=Cc1c(C2CC2)nc2ccccc2c1-c1ccc(F)cc1. The van der Waals surface area contributed by atoms with Crippen molar-refractivity contribution < 1.29 is 55.8 Å². The molecule has 3 heterocycles. The number of esters is 2. The molecule has 1 saturated heterocycles. The maximum Gasteiger partial charge on any atom is 0.308 e. The van der Waals surface area contributed by atoms with Crippen molar-refractivity contribution in [3.05, 3.63) is 137 Å². The molecule has 3 aliphatic rings. The summed E-state index contributed by atoms with van der Waals surface area (Å²) in [6.45, 7) is 24.7. The molecule has 2 saturated carbocycles. The summed E-state index contributed by atoms with van der Waals surface area (Å²) in [5, 5.41) is 1.87. The average molecular weight is 1190 g/mol. The Bertz CT molecular complexity index is 3260. The quantitative estimate of drug-likeness (QED) is 0.0328. The zero-order valence-corrected chi connectivity index (χ0v) is 53.5. The normalized spacial score (nSPS) is 15.2. The van der Waals surface area contributed by atoms with Gasteiger partial charge in [-0.3, -0.25) is 33.9 Å². The van der Waals surface area contributed by atoms with Gasteiger partial charge in [0.25, 0.3) is 0 Å². The molecule has 0 amide bonds. The zero-order valence-electron chi connectivity index (χ0n) is 51.5. The second-order valence-electron chi connectivity index (χ2n) is 25.1. The van der Waals surface area contributed by atoms with Crippen LogP contribution in [0.15, 0.2) is 103 Å². The Labute approximate surface area is 497 Å². The number of carbonyl (C=O) groups excluding carboxylic acids is 5. The van der Waals surface area contributed by atoms with Gasteiger partial charge < -0.3 is 23.1 Å². The van der Waals surface area contributed by atoms with Crippen molar-refractivity contribution >= 4 is 74.3 Å². The van der Waals surface area contributed by atoms with Crippen molar-refractivity contribution in [3.8, 4) is 22.3 Å². The number of hydrogen-bond donors (Lipinski definition) is 0. The Morgan fingerprint density at radius 2 is 0.988 bits per heavy atom. The Morgan fingerprint density at radius 1 is 0.595 bits per heavy atom. The number of pyridine rings is 2. The first kappa shape index (κ1) is 66.7. The molecule has 16 heteroatoms. The molecule has 0 N–H and O–H groups in total. The van der Waals surface area contributed by atoms with Crippen LogP contribution in [0, 0.1) is 11.6 Å². The van der Waals surface area contributed by atoms with Gasteiger partial charge >= 0.3 is 11.9 Å². The zero-order chi connectivity index (χ0) is 61.6. The molecule has 9 rings (SSSR count). The molecule has 6 aromatic rings. The summed E-state index contributed by atoms with van der Waals surface area (Å²) in [5.74, 6) is -0.710. The first-order chi connectivity index (χ1) is 39.7. The monoisotopic (exact) mass is 1180 g/mol. The molecule has 4 aromatic carbocycles. The minimum atomic E-state index is -2.23. The van der Waals surface area contributed by atoms with Crippen LogP contribution in [-0.2, 0) is 42.2 Å². The molecule has 12 nitrogen and oxygen atoms in total. The van der Waals surface area contributed by atoms with Gasteiger partial charge in [-0.1, -0.05) is 102 Å².